The summed E-state index contributed by atoms with van der Waals surface area (Å²) in [5, 5.41) is 0. The van der Waals surface area contributed by atoms with Crippen molar-refractivity contribution in [3.63, 3.8) is 0 Å². The number of methoxy groups -OCH3 is 1. The van der Waals surface area contributed by atoms with Crippen molar-refractivity contribution in [3.8, 4) is 5.75 Å². The van der Waals surface area contributed by atoms with E-state index in [1.165, 1.54) is 16.7 Å². The Hall–Kier alpha value is -1.31. The van der Waals surface area contributed by atoms with Crippen LogP contribution in [0.2, 0.25) is 0 Å². The first-order chi connectivity index (χ1) is 9.79. The monoisotopic (exact) mass is 290 g/mol. The molecule has 0 saturated heterocycles. The molecule has 2 nitrogen and oxygen atoms in total. The second kappa shape index (κ2) is 7.63. The summed E-state index contributed by atoms with van der Waals surface area (Å²) >= 11 is 0. The van der Waals surface area contributed by atoms with E-state index in [0.717, 1.165) is 25.0 Å². The van der Waals surface area contributed by atoms with Crippen molar-refractivity contribution in [2.24, 2.45) is 0 Å². The highest BCUT2D eigenvalue weighted by Crippen LogP contribution is 2.35. The number of carbonyl (C=O) groups excluding carboxylic acids is 1. The van der Waals surface area contributed by atoms with E-state index in [9.17, 15) is 4.79 Å². The normalized spacial score (nSPS) is 11.5. The molecule has 0 radical (unpaired) electrons. The van der Waals surface area contributed by atoms with Gasteiger partial charge in [0.25, 0.3) is 0 Å². The van der Waals surface area contributed by atoms with Crippen LogP contribution in [0, 0.1) is 6.92 Å². The largest absolute Gasteiger partial charge is 0.496 e. The molecular weight excluding hydrogens is 260 g/mol. The van der Waals surface area contributed by atoms with Gasteiger partial charge in [-0.25, -0.2) is 0 Å². The maximum absolute atomic E-state index is 11.6. The average molecular weight is 290 g/mol. The number of ether oxygens (including phenoxy) is 1. The molecule has 118 valence electrons. The summed E-state index contributed by atoms with van der Waals surface area (Å²) in [6.45, 7) is 10.8. The van der Waals surface area contributed by atoms with Gasteiger partial charge in [-0.3, -0.25) is 4.79 Å². The molecular formula is C19H30O2. The van der Waals surface area contributed by atoms with Crippen LogP contribution in [0.1, 0.15) is 70.1 Å². The summed E-state index contributed by atoms with van der Waals surface area (Å²) in [7, 11) is 1.74. The fourth-order valence-electron chi connectivity index (χ4n) is 2.71. The topological polar surface area (TPSA) is 26.3 Å². The third kappa shape index (κ3) is 5.18. The van der Waals surface area contributed by atoms with Gasteiger partial charge < -0.3 is 4.74 Å². The Labute approximate surface area is 129 Å². The molecule has 21 heavy (non-hydrogen) atoms. The van der Waals surface area contributed by atoms with Crippen molar-refractivity contribution in [1.82, 2.24) is 0 Å². The van der Waals surface area contributed by atoms with Gasteiger partial charge in [-0.1, -0.05) is 45.4 Å². The average Bonchev–Trinajstić information content (AvgIpc) is 2.37. The summed E-state index contributed by atoms with van der Waals surface area (Å²) in [6, 6.07) is 4.41. The van der Waals surface area contributed by atoms with Crippen molar-refractivity contribution in [2.75, 3.05) is 7.11 Å². The summed E-state index contributed by atoms with van der Waals surface area (Å²) in [5.41, 5.74) is 3.80. The van der Waals surface area contributed by atoms with Crippen molar-refractivity contribution < 1.29 is 9.53 Å². The lowest BCUT2D eigenvalue weighted by atomic mass is 9.83. The highest BCUT2D eigenvalue weighted by atomic mass is 16.5. The zero-order chi connectivity index (χ0) is 16.0. The summed E-state index contributed by atoms with van der Waals surface area (Å²) in [5.74, 6) is 1.37. The van der Waals surface area contributed by atoms with Gasteiger partial charge in [-0.15, -0.1) is 0 Å². The molecule has 0 aromatic heterocycles. The SMILES string of the molecule is CCCC(=O)CCCc1cc(C)cc(C(C)(C)C)c1OC. The molecule has 0 amide bonds. The second-order valence-corrected chi connectivity index (χ2v) is 6.90. The van der Waals surface area contributed by atoms with E-state index < -0.39 is 0 Å². The zero-order valence-corrected chi connectivity index (χ0v) is 14.5. The van der Waals surface area contributed by atoms with E-state index in [1.807, 2.05) is 0 Å². The van der Waals surface area contributed by atoms with Gasteiger partial charge >= 0.3 is 0 Å². The zero-order valence-electron chi connectivity index (χ0n) is 14.5. The lowest BCUT2D eigenvalue weighted by Gasteiger charge is -2.25. The van der Waals surface area contributed by atoms with Crippen LogP contribution in [-0.2, 0) is 16.6 Å². The van der Waals surface area contributed by atoms with E-state index in [0.29, 0.717) is 18.6 Å². The van der Waals surface area contributed by atoms with Gasteiger partial charge in [0.15, 0.2) is 0 Å². The van der Waals surface area contributed by atoms with E-state index in [-0.39, 0.29) is 5.41 Å². The van der Waals surface area contributed by atoms with Gasteiger partial charge in [0.1, 0.15) is 11.5 Å². The van der Waals surface area contributed by atoms with E-state index in [1.54, 1.807) is 7.11 Å². The number of hydrogen-bond acceptors (Lipinski definition) is 2. The van der Waals surface area contributed by atoms with E-state index in [4.69, 9.17) is 4.74 Å². The first kappa shape index (κ1) is 17.7. The third-order valence-corrected chi connectivity index (χ3v) is 3.75. The van der Waals surface area contributed by atoms with Crippen molar-refractivity contribution in [3.05, 3.63) is 28.8 Å². The van der Waals surface area contributed by atoms with E-state index >= 15 is 0 Å². The van der Waals surface area contributed by atoms with Crippen molar-refractivity contribution in [1.29, 1.82) is 0 Å². The summed E-state index contributed by atoms with van der Waals surface area (Å²) in [4.78, 5) is 11.6. The number of carbonyl (C=O) groups is 1. The highest BCUT2D eigenvalue weighted by Gasteiger charge is 2.21. The molecule has 0 N–H and O–H groups in total. The van der Waals surface area contributed by atoms with Crippen LogP contribution in [0.25, 0.3) is 0 Å². The third-order valence-electron chi connectivity index (χ3n) is 3.75. The van der Waals surface area contributed by atoms with Crippen LogP contribution < -0.4 is 4.74 Å². The van der Waals surface area contributed by atoms with Gasteiger partial charge in [0.05, 0.1) is 7.11 Å². The Bertz CT molecular complexity index is 481. The van der Waals surface area contributed by atoms with Crippen LogP contribution in [0.4, 0.5) is 0 Å². The molecule has 1 aromatic rings. The first-order valence-electron chi connectivity index (χ1n) is 7.99. The molecule has 0 fully saturated rings. The molecule has 0 aliphatic rings. The molecule has 0 heterocycles. The predicted molar refractivity (Wildman–Crippen MR) is 89.3 cm³/mol. The van der Waals surface area contributed by atoms with Crippen LogP contribution in [0.3, 0.4) is 0 Å². The van der Waals surface area contributed by atoms with Crippen LogP contribution in [0.5, 0.6) is 5.75 Å². The number of Topliss-reactive ketones (excluding diaryl/α,β-unsaturated/α-hetero) is 1. The van der Waals surface area contributed by atoms with Crippen molar-refractivity contribution in [2.45, 2.75) is 72.1 Å². The minimum absolute atomic E-state index is 0.0597. The number of rotatable bonds is 7. The molecule has 1 aromatic carbocycles. The maximum Gasteiger partial charge on any atom is 0.132 e. The first-order valence-corrected chi connectivity index (χ1v) is 7.99. The number of benzene rings is 1. The Kier molecular flexibility index (Phi) is 6.44. The minimum atomic E-state index is 0.0597. The van der Waals surface area contributed by atoms with Crippen LogP contribution >= 0.6 is 0 Å². The van der Waals surface area contributed by atoms with Gasteiger partial charge in [-0.2, -0.15) is 0 Å². The molecule has 0 aliphatic carbocycles. The molecule has 2 heteroatoms. The van der Waals surface area contributed by atoms with E-state index in [2.05, 4.69) is 46.8 Å². The second-order valence-electron chi connectivity index (χ2n) is 6.90. The highest BCUT2D eigenvalue weighted by molar-refractivity contribution is 5.78. The number of hydrogen-bond donors (Lipinski definition) is 0. The molecule has 0 spiro atoms. The molecule has 0 saturated carbocycles. The summed E-state index contributed by atoms with van der Waals surface area (Å²) in [6.07, 6.45) is 4.14. The van der Waals surface area contributed by atoms with Gasteiger partial charge in [-0.05, 0) is 37.2 Å². The maximum atomic E-state index is 11.6. The predicted octanol–water partition coefficient (Wildman–Crippen LogP) is 4.99. The van der Waals surface area contributed by atoms with Crippen LogP contribution in [0.15, 0.2) is 12.1 Å². The Morgan fingerprint density at radius 3 is 2.38 bits per heavy atom. The van der Waals surface area contributed by atoms with Gasteiger partial charge in [0.2, 0.25) is 0 Å². The minimum Gasteiger partial charge on any atom is -0.496 e. The van der Waals surface area contributed by atoms with Gasteiger partial charge in [0, 0.05) is 18.4 Å². The molecule has 1 rings (SSSR count). The fourth-order valence-corrected chi connectivity index (χ4v) is 2.71. The molecule has 0 atom stereocenters. The fraction of sp³-hybridized carbons (Fsp3) is 0.632. The quantitative estimate of drug-likeness (QED) is 0.707. The standard InChI is InChI=1S/C19H30O2/c1-7-9-16(20)11-8-10-15-12-14(2)13-17(18(15)21-6)19(3,4)5/h12-13H,7-11H2,1-6H3. The Morgan fingerprint density at radius 2 is 1.86 bits per heavy atom. The summed E-state index contributed by atoms with van der Waals surface area (Å²) < 4.78 is 5.68. The molecule has 0 unspecified atom stereocenters. The lowest BCUT2D eigenvalue weighted by molar-refractivity contribution is -0.119. The van der Waals surface area contributed by atoms with Crippen molar-refractivity contribution >= 4 is 5.78 Å². The van der Waals surface area contributed by atoms with Crippen LogP contribution in [-0.4, -0.2) is 12.9 Å². The molecule has 0 aliphatic heterocycles. The smallest absolute Gasteiger partial charge is 0.132 e. The lowest BCUT2D eigenvalue weighted by Crippen LogP contribution is -2.14. The Balaban J connectivity index is 2.91. The number of ketones is 1. The molecule has 0 bridgehead atoms. The Morgan fingerprint density at radius 1 is 1.19 bits per heavy atom. The number of aryl methyl sites for hydroxylation is 2.